The summed E-state index contributed by atoms with van der Waals surface area (Å²) in [4.78, 5) is 26.0. The van der Waals surface area contributed by atoms with E-state index in [-0.39, 0.29) is 36.8 Å². The molecule has 0 radical (unpaired) electrons. The lowest BCUT2D eigenvalue weighted by molar-refractivity contribution is -0.143. The summed E-state index contributed by atoms with van der Waals surface area (Å²) >= 11 is 0. The average molecular weight is 398 g/mol. The molecule has 2 rings (SSSR count). The predicted molar refractivity (Wildman–Crippen MR) is 98.8 cm³/mol. The van der Waals surface area contributed by atoms with Gasteiger partial charge in [0.1, 0.15) is 6.54 Å². The van der Waals surface area contributed by atoms with E-state index >= 15 is 0 Å². The number of carbonyl (C=O) groups excluding carboxylic acids is 2. The van der Waals surface area contributed by atoms with Gasteiger partial charge in [-0.25, -0.2) is 8.42 Å². The second-order valence-corrected chi connectivity index (χ2v) is 8.10. The van der Waals surface area contributed by atoms with E-state index in [9.17, 15) is 18.0 Å². The Balaban J connectivity index is 2.23. The van der Waals surface area contributed by atoms with Crippen LogP contribution in [0.5, 0.6) is 0 Å². The van der Waals surface area contributed by atoms with Crippen molar-refractivity contribution >= 4 is 21.9 Å². The zero-order valence-electron chi connectivity index (χ0n) is 15.7. The number of sulfonamides is 1. The van der Waals surface area contributed by atoms with Crippen LogP contribution >= 0.6 is 0 Å². The van der Waals surface area contributed by atoms with Gasteiger partial charge in [-0.2, -0.15) is 4.31 Å². The number of benzene rings is 1. The molecule has 1 aliphatic rings. The molecule has 0 saturated carbocycles. The number of nitrogens with zero attached hydrogens (tertiary/aromatic N) is 2. The van der Waals surface area contributed by atoms with Gasteiger partial charge in [-0.1, -0.05) is 6.07 Å². The van der Waals surface area contributed by atoms with Crippen molar-refractivity contribution in [3.63, 3.8) is 0 Å². The van der Waals surface area contributed by atoms with Crippen LogP contribution in [0.3, 0.4) is 0 Å². The molecule has 0 atom stereocenters. The molecule has 0 N–H and O–H groups in total. The van der Waals surface area contributed by atoms with E-state index < -0.39 is 21.9 Å². The van der Waals surface area contributed by atoms with Gasteiger partial charge in [-0.15, -0.1) is 0 Å². The van der Waals surface area contributed by atoms with Crippen molar-refractivity contribution in [3.8, 4) is 0 Å². The number of esters is 1. The lowest BCUT2D eigenvalue weighted by atomic mass is 10.2. The van der Waals surface area contributed by atoms with Gasteiger partial charge >= 0.3 is 5.97 Å². The van der Waals surface area contributed by atoms with Gasteiger partial charge < -0.3 is 14.4 Å². The van der Waals surface area contributed by atoms with Crippen LogP contribution in [0.4, 0.5) is 0 Å². The number of hydrogen-bond donors (Lipinski definition) is 0. The average Bonchev–Trinajstić information content (AvgIpc) is 3.20. The van der Waals surface area contributed by atoms with Crippen molar-refractivity contribution in [2.24, 2.45) is 0 Å². The van der Waals surface area contributed by atoms with Crippen LogP contribution in [0.2, 0.25) is 0 Å². The Bertz CT molecular complexity index is 759. The first-order chi connectivity index (χ1) is 12.9. The van der Waals surface area contributed by atoms with Crippen molar-refractivity contribution in [2.75, 3.05) is 46.5 Å². The Labute approximate surface area is 160 Å². The number of amides is 1. The Hall–Kier alpha value is -1.97. The molecule has 27 heavy (non-hydrogen) atoms. The third-order valence-electron chi connectivity index (χ3n) is 4.26. The maximum Gasteiger partial charge on any atom is 0.325 e. The Kier molecular flexibility index (Phi) is 7.76. The summed E-state index contributed by atoms with van der Waals surface area (Å²) in [5.41, 5.74) is 0.204. The fourth-order valence-corrected chi connectivity index (χ4v) is 4.43. The highest BCUT2D eigenvalue weighted by atomic mass is 32.2. The summed E-state index contributed by atoms with van der Waals surface area (Å²) in [7, 11) is -2.13. The van der Waals surface area contributed by atoms with Crippen LogP contribution in [0.15, 0.2) is 29.2 Å². The van der Waals surface area contributed by atoms with Gasteiger partial charge in [0.15, 0.2) is 0 Å². The minimum absolute atomic E-state index is 0.0816. The standard InChI is InChI=1S/C18H26N2O6S/c1-3-26-17(21)14-19(11-12-25-2)18(22)15-7-6-8-16(13-15)27(23,24)20-9-4-5-10-20/h6-8,13H,3-5,9-12,14H2,1-2H3. The molecule has 0 bridgehead atoms. The normalized spacial score (nSPS) is 14.9. The fraction of sp³-hybridized carbons (Fsp3) is 0.556. The molecular formula is C18H26N2O6S. The summed E-state index contributed by atoms with van der Waals surface area (Å²) in [5.74, 6) is -0.971. The van der Waals surface area contributed by atoms with E-state index in [1.165, 1.54) is 40.6 Å². The van der Waals surface area contributed by atoms with Gasteiger partial charge in [0.2, 0.25) is 10.0 Å². The maximum absolute atomic E-state index is 12.8. The summed E-state index contributed by atoms with van der Waals surface area (Å²) < 4.78 is 36.8. The summed E-state index contributed by atoms with van der Waals surface area (Å²) in [6.07, 6.45) is 1.67. The minimum atomic E-state index is -3.62. The second-order valence-electron chi connectivity index (χ2n) is 6.16. The molecule has 0 spiro atoms. The smallest absolute Gasteiger partial charge is 0.325 e. The monoisotopic (exact) mass is 398 g/mol. The van der Waals surface area contributed by atoms with Crippen molar-refractivity contribution in [2.45, 2.75) is 24.7 Å². The lowest BCUT2D eigenvalue weighted by Crippen LogP contribution is -2.38. The maximum atomic E-state index is 12.8. The molecule has 1 aliphatic heterocycles. The predicted octanol–water partition coefficient (Wildman–Crippen LogP) is 1.12. The highest BCUT2D eigenvalue weighted by Gasteiger charge is 2.28. The SMILES string of the molecule is CCOC(=O)CN(CCOC)C(=O)c1cccc(S(=O)(=O)N2CCCC2)c1. The quantitative estimate of drug-likeness (QED) is 0.579. The zero-order valence-corrected chi connectivity index (χ0v) is 16.5. The van der Waals surface area contributed by atoms with E-state index in [0.29, 0.717) is 13.1 Å². The Morgan fingerprint density at radius 3 is 2.56 bits per heavy atom. The number of rotatable bonds is 9. The summed E-state index contributed by atoms with van der Waals surface area (Å²) in [6, 6.07) is 5.92. The van der Waals surface area contributed by atoms with Crippen molar-refractivity contribution < 1.29 is 27.5 Å². The number of carbonyl (C=O) groups is 2. The van der Waals surface area contributed by atoms with Crippen molar-refractivity contribution in [1.82, 2.24) is 9.21 Å². The van der Waals surface area contributed by atoms with Crippen molar-refractivity contribution in [3.05, 3.63) is 29.8 Å². The highest BCUT2D eigenvalue weighted by Crippen LogP contribution is 2.22. The largest absolute Gasteiger partial charge is 0.465 e. The molecule has 1 aromatic rings. The highest BCUT2D eigenvalue weighted by molar-refractivity contribution is 7.89. The van der Waals surface area contributed by atoms with Crippen LogP contribution in [0, 0.1) is 0 Å². The molecule has 0 unspecified atom stereocenters. The van der Waals surface area contributed by atoms with Crippen LogP contribution in [0.1, 0.15) is 30.1 Å². The molecule has 1 heterocycles. The molecule has 1 fully saturated rings. The van der Waals surface area contributed by atoms with E-state index in [2.05, 4.69) is 0 Å². The van der Waals surface area contributed by atoms with E-state index in [1.54, 1.807) is 6.92 Å². The Morgan fingerprint density at radius 1 is 1.22 bits per heavy atom. The van der Waals surface area contributed by atoms with Gasteiger partial charge in [0, 0.05) is 32.3 Å². The number of hydrogen-bond acceptors (Lipinski definition) is 6. The van der Waals surface area contributed by atoms with E-state index in [4.69, 9.17) is 9.47 Å². The number of ether oxygens (including phenoxy) is 2. The first-order valence-electron chi connectivity index (χ1n) is 8.94. The first kappa shape index (κ1) is 21.3. The fourth-order valence-electron chi connectivity index (χ4n) is 2.87. The molecule has 150 valence electrons. The lowest BCUT2D eigenvalue weighted by Gasteiger charge is -2.22. The van der Waals surface area contributed by atoms with Gasteiger partial charge in [-0.3, -0.25) is 9.59 Å². The van der Waals surface area contributed by atoms with Gasteiger partial charge in [0.05, 0.1) is 18.1 Å². The first-order valence-corrected chi connectivity index (χ1v) is 10.4. The molecule has 1 aromatic carbocycles. The zero-order chi connectivity index (χ0) is 19.9. The molecule has 8 nitrogen and oxygen atoms in total. The molecule has 1 amide bonds. The summed E-state index contributed by atoms with van der Waals surface area (Å²) in [6.45, 7) is 3.10. The van der Waals surface area contributed by atoms with Gasteiger partial charge in [0.25, 0.3) is 5.91 Å². The summed E-state index contributed by atoms with van der Waals surface area (Å²) in [5, 5.41) is 0. The molecular weight excluding hydrogens is 372 g/mol. The Morgan fingerprint density at radius 2 is 1.93 bits per heavy atom. The van der Waals surface area contributed by atoms with Crippen LogP contribution in [-0.4, -0.2) is 76.0 Å². The number of methoxy groups -OCH3 is 1. The molecule has 0 aromatic heterocycles. The minimum Gasteiger partial charge on any atom is -0.465 e. The topological polar surface area (TPSA) is 93.2 Å². The molecule has 0 aliphatic carbocycles. The van der Waals surface area contributed by atoms with E-state index in [0.717, 1.165) is 12.8 Å². The third-order valence-corrected chi connectivity index (χ3v) is 6.16. The van der Waals surface area contributed by atoms with Crippen LogP contribution in [0.25, 0.3) is 0 Å². The molecule has 1 saturated heterocycles. The van der Waals surface area contributed by atoms with Crippen LogP contribution in [-0.2, 0) is 24.3 Å². The van der Waals surface area contributed by atoms with Gasteiger partial charge in [-0.05, 0) is 38.0 Å². The van der Waals surface area contributed by atoms with Crippen molar-refractivity contribution in [1.29, 1.82) is 0 Å². The third kappa shape index (κ3) is 5.50. The van der Waals surface area contributed by atoms with Crippen LogP contribution < -0.4 is 0 Å². The second kappa shape index (κ2) is 9.82. The molecule has 9 heteroatoms. The van der Waals surface area contributed by atoms with E-state index in [1.807, 2.05) is 0 Å².